The van der Waals surface area contributed by atoms with Crippen molar-refractivity contribution in [3.63, 3.8) is 0 Å². The zero-order valence-corrected chi connectivity index (χ0v) is 25.8. The molecule has 4 heterocycles. The number of hydrogen-bond donors (Lipinski definition) is 1. The lowest BCUT2D eigenvalue weighted by molar-refractivity contribution is -0.274. The van der Waals surface area contributed by atoms with Crippen LogP contribution in [0, 0.1) is 11.2 Å². The van der Waals surface area contributed by atoms with E-state index >= 15 is 4.39 Å². The maximum absolute atomic E-state index is 15.5. The first kappa shape index (κ1) is 29.7. The van der Waals surface area contributed by atoms with E-state index in [1.807, 2.05) is 0 Å². The lowest BCUT2D eigenvalue weighted by atomic mass is 9.58. The molecule has 1 N–H and O–H groups in total. The first-order valence-electron chi connectivity index (χ1n) is 15.6. The normalized spacial score (nSPS) is 25.9. The summed E-state index contributed by atoms with van der Waals surface area (Å²) in [5.41, 5.74) is 2.05. The van der Waals surface area contributed by atoms with Gasteiger partial charge in [0.25, 0.3) is 0 Å². The SMILES string of the molecule is CN(Cc1c(-c2ccccc2OC(F)(F)F)noc1C1CC1)C1CC2(C1)CC1CCC(C2)N1c1cc2snc(C(=O)O)c2cc1F. The van der Waals surface area contributed by atoms with Crippen molar-refractivity contribution in [3.05, 3.63) is 59.2 Å². The van der Waals surface area contributed by atoms with Gasteiger partial charge in [-0.2, -0.15) is 4.37 Å². The van der Waals surface area contributed by atoms with Crippen LogP contribution < -0.4 is 9.64 Å². The molecule has 2 aromatic heterocycles. The zero-order valence-electron chi connectivity index (χ0n) is 25.0. The van der Waals surface area contributed by atoms with Crippen LogP contribution in [-0.4, -0.2) is 57.0 Å². The molecule has 4 aromatic rings. The number of rotatable bonds is 8. The maximum Gasteiger partial charge on any atom is 0.573 e. The number of anilines is 1. The van der Waals surface area contributed by atoms with Gasteiger partial charge in [0.15, 0.2) is 5.69 Å². The molecule has 8 rings (SSSR count). The van der Waals surface area contributed by atoms with Gasteiger partial charge in [0.05, 0.1) is 10.4 Å². The van der Waals surface area contributed by atoms with Gasteiger partial charge in [-0.05, 0) is 99.6 Å². The van der Waals surface area contributed by atoms with Crippen LogP contribution in [0.1, 0.15) is 79.1 Å². The molecule has 4 aliphatic rings. The van der Waals surface area contributed by atoms with Gasteiger partial charge in [0, 0.05) is 47.1 Å². The Bertz CT molecular complexity index is 1810. The Morgan fingerprint density at radius 3 is 2.52 bits per heavy atom. The van der Waals surface area contributed by atoms with Crippen LogP contribution in [0.2, 0.25) is 0 Å². The summed E-state index contributed by atoms with van der Waals surface area (Å²) in [6.07, 6.45) is 3.00. The van der Waals surface area contributed by atoms with Gasteiger partial charge < -0.3 is 19.3 Å². The van der Waals surface area contributed by atoms with E-state index < -0.39 is 18.1 Å². The lowest BCUT2D eigenvalue weighted by Gasteiger charge is -2.57. The van der Waals surface area contributed by atoms with Crippen molar-refractivity contribution in [1.82, 2.24) is 14.4 Å². The van der Waals surface area contributed by atoms with Crippen LogP contribution in [0.3, 0.4) is 0 Å². The van der Waals surface area contributed by atoms with Gasteiger partial charge in [0.1, 0.15) is 23.0 Å². The molecule has 13 heteroatoms. The van der Waals surface area contributed by atoms with E-state index in [0.717, 1.165) is 74.2 Å². The summed E-state index contributed by atoms with van der Waals surface area (Å²) in [5.74, 6) is -0.889. The standard InChI is InChI=1S/C33H32F4N4O4S/c1-40(16-23-28(38-45-30(23)17-6-7-17)21-4-2-3-5-26(21)44-33(35,36)37)20-14-32(15-20)12-18-8-9-19(13-32)41(18)25-11-27-22(10-24(25)34)29(31(42)43)39-46-27/h2-5,10-11,17-20H,6-9,12-16H2,1H3,(H,42,43). The first-order valence-corrected chi connectivity index (χ1v) is 16.4. The van der Waals surface area contributed by atoms with Crippen LogP contribution in [0.25, 0.3) is 21.3 Å². The predicted octanol–water partition coefficient (Wildman–Crippen LogP) is 7.98. The number of benzene rings is 2. The van der Waals surface area contributed by atoms with Gasteiger partial charge in [-0.3, -0.25) is 4.90 Å². The summed E-state index contributed by atoms with van der Waals surface area (Å²) in [6.45, 7) is 0.503. The Morgan fingerprint density at radius 1 is 1.13 bits per heavy atom. The molecule has 0 radical (unpaired) electrons. The summed E-state index contributed by atoms with van der Waals surface area (Å²) < 4.78 is 69.8. The number of ether oxygens (including phenoxy) is 1. The molecule has 46 heavy (non-hydrogen) atoms. The number of carbonyl (C=O) groups is 1. The summed E-state index contributed by atoms with van der Waals surface area (Å²) >= 11 is 1.08. The van der Waals surface area contributed by atoms with E-state index in [-0.39, 0.29) is 40.4 Å². The third-order valence-electron chi connectivity index (χ3n) is 10.5. The Morgan fingerprint density at radius 2 is 1.85 bits per heavy atom. The van der Waals surface area contributed by atoms with Crippen molar-refractivity contribution in [1.29, 1.82) is 0 Å². The van der Waals surface area contributed by atoms with Gasteiger partial charge in [-0.25, -0.2) is 9.18 Å². The Labute approximate surface area is 266 Å². The molecule has 2 saturated heterocycles. The third-order valence-corrected chi connectivity index (χ3v) is 11.3. The molecule has 2 aliphatic heterocycles. The predicted molar refractivity (Wildman–Crippen MR) is 163 cm³/mol. The second-order valence-corrected chi connectivity index (χ2v) is 14.3. The fourth-order valence-corrected chi connectivity index (χ4v) is 9.11. The van der Waals surface area contributed by atoms with Crippen molar-refractivity contribution >= 4 is 33.3 Å². The minimum Gasteiger partial charge on any atom is -0.476 e. The van der Waals surface area contributed by atoms with Gasteiger partial charge >= 0.3 is 12.3 Å². The minimum atomic E-state index is -4.82. The smallest absolute Gasteiger partial charge is 0.476 e. The van der Waals surface area contributed by atoms with Gasteiger partial charge in [0.2, 0.25) is 0 Å². The first-order chi connectivity index (χ1) is 22.0. The fourth-order valence-electron chi connectivity index (χ4n) is 8.33. The number of piperidine rings is 1. The van der Waals surface area contributed by atoms with Crippen LogP contribution in [0.5, 0.6) is 5.75 Å². The fraction of sp³-hybridized carbons (Fsp3) is 0.485. The minimum absolute atomic E-state index is 0.114. The second kappa shape index (κ2) is 10.7. The summed E-state index contributed by atoms with van der Waals surface area (Å²) in [4.78, 5) is 16.0. The van der Waals surface area contributed by atoms with E-state index in [9.17, 15) is 23.1 Å². The van der Waals surface area contributed by atoms with Crippen LogP contribution in [0.15, 0.2) is 40.9 Å². The third kappa shape index (κ3) is 5.11. The van der Waals surface area contributed by atoms with Crippen molar-refractivity contribution in [3.8, 4) is 17.0 Å². The highest BCUT2D eigenvalue weighted by molar-refractivity contribution is 7.13. The zero-order chi connectivity index (χ0) is 32.0. The molecular formula is C33H32F4N4O4S. The number of halogens is 4. The number of fused-ring (bicyclic) bond motifs is 3. The number of nitrogens with zero attached hydrogens (tertiary/aromatic N) is 4. The topological polar surface area (TPSA) is 91.9 Å². The van der Waals surface area contributed by atoms with Gasteiger partial charge in [-0.1, -0.05) is 17.3 Å². The van der Waals surface area contributed by atoms with E-state index in [2.05, 4.69) is 31.1 Å². The average molecular weight is 657 g/mol. The quantitative estimate of drug-likeness (QED) is 0.191. The highest BCUT2D eigenvalue weighted by Crippen LogP contribution is 2.58. The Hall–Kier alpha value is -3.71. The number of hydrogen-bond acceptors (Lipinski definition) is 8. The highest BCUT2D eigenvalue weighted by atomic mass is 32.1. The Kier molecular flexibility index (Phi) is 6.88. The van der Waals surface area contributed by atoms with Crippen LogP contribution in [0.4, 0.5) is 23.2 Å². The lowest BCUT2D eigenvalue weighted by Crippen LogP contribution is -2.57. The molecule has 2 bridgehead atoms. The second-order valence-electron chi connectivity index (χ2n) is 13.5. The summed E-state index contributed by atoms with van der Waals surface area (Å²) in [6, 6.07) is 9.85. The molecular weight excluding hydrogens is 624 g/mol. The molecule has 8 nitrogen and oxygen atoms in total. The van der Waals surface area contributed by atoms with E-state index in [1.54, 1.807) is 18.2 Å². The Balaban J connectivity index is 0.986. The number of carboxylic acids is 1. The molecule has 242 valence electrons. The van der Waals surface area contributed by atoms with Crippen molar-refractivity contribution < 1.29 is 36.7 Å². The number of aromatic carboxylic acids is 1. The van der Waals surface area contributed by atoms with Crippen molar-refractivity contribution in [2.45, 2.75) is 88.3 Å². The van der Waals surface area contributed by atoms with Gasteiger partial charge in [-0.15, -0.1) is 13.2 Å². The van der Waals surface area contributed by atoms with Crippen LogP contribution in [-0.2, 0) is 6.54 Å². The molecule has 2 atom stereocenters. The molecule has 1 spiro atoms. The molecule has 2 aromatic carbocycles. The number of para-hydroxylation sites is 1. The molecule has 0 amide bonds. The number of carboxylic acid groups (broad SMARTS) is 1. The molecule has 2 unspecified atom stereocenters. The summed E-state index contributed by atoms with van der Waals surface area (Å²) in [7, 11) is 2.05. The number of alkyl halides is 3. The monoisotopic (exact) mass is 656 g/mol. The maximum atomic E-state index is 15.5. The molecule has 4 fully saturated rings. The summed E-state index contributed by atoms with van der Waals surface area (Å²) in [5, 5.41) is 14.0. The van der Waals surface area contributed by atoms with Crippen LogP contribution >= 0.6 is 11.5 Å². The average Bonchev–Trinajstić information content (AvgIpc) is 3.52. The van der Waals surface area contributed by atoms with E-state index in [0.29, 0.717) is 34.1 Å². The number of aromatic nitrogens is 2. The van der Waals surface area contributed by atoms with E-state index in [1.165, 1.54) is 18.2 Å². The van der Waals surface area contributed by atoms with Crippen molar-refractivity contribution in [2.75, 3.05) is 11.9 Å². The molecule has 2 saturated carbocycles. The molecule has 2 aliphatic carbocycles. The highest BCUT2D eigenvalue weighted by Gasteiger charge is 2.55. The largest absolute Gasteiger partial charge is 0.573 e. The van der Waals surface area contributed by atoms with E-state index in [4.69, 9.17) is 4.52 Å². The van der Waals surface area contributed by atoms with Crippen molar-refractivity contribution in [2.24, 2.45) is 5.41 Å².